The molecule has 11 rings (SSSR count). The Kier molecular flexibility index (Phi) is 9.77. The van der Waals surface area contributed by atoms with E-state index in [9.17, 15) is 0 Å². The van der Waals surface area contributed by atoms with Crippen molar-refractivity contribution in [1.82, 2.24) is 0 Å². The molecule has 4 heterocycles. The van der Waals surface area contributed by atoms with Crippen molar-refractivity contribution in [3.8, 4) is 46.0 Å². The smallest absolute Gasteiger partial charge is 0.456 e. The Balaban J connectivity index is 1.29. The van der Waals surface area contributed by atoms with Crippen molar-refractivity contribution in [2.24, 2.45) is 0 Å². The molecular weight excluding hydrogens is 1090 g/mol. The quantitative estimate of drug-likeness (QED) is 0.156. The van der Waals surface area contributed by atoms with E-state index in [4.69, 9.17) is 37.0 Å². The monoisotopic (exact) mass is 1120 g/mol. The standard InChI is InChI=1S/C46H34Br4O10P2/c1-21-27-15-31-23(3)33-17-29-22(2)30-18-34-24(4)32-16-28(21)40-36(48)44(32)58-62(52,26-13-9-6-10-14-26)60-46(34)38(50)42(30)56-20-55-41(29)37(49)45(33)59-61(51,25-11-7-5-8-12-25)57-43(31)35(47)39(27)53-19-54-40/h5-18,21-24H,19-20H2,1-4H3. The zero-order chi connectivity index (χ0) is 43.0. The van der Waals surface area contributed by atoms with Crippen LogP contribution >= 0.6 is 78.9 Å². The molecule has 0 N–H and O–H groups in total. The fourth-order valence-electron chi connectivity index (χ4n) is 9.07. The van der Waals surface area contributed by atoms with Crippen LogP contribution in [-0.2, 0) is 9.13 Å². The van der Waals surface area contributed by atoms with Crippen LogP contribution in [0.1, 0.15) is 95.9 Å². The van der Waals surface area contributed by atoms with Crippen LogP contribution in [0.3, 0.4) is 0 Å². The maximum atomic E-state index is 15.5. The minimum atomic E-state index is -4.19. The summed E-state index contributed by atoms with van der Waals surface area (Å²) in [7, 11) is -8.37. The SMILES string of the molecule is CC1c2cc3c4c(Br)c2OCOc2c1cc1c(c2Br)OP(=O)(c2ccccc2)Oc2c(cc5c(c2Br)OCOc2c(cc(c(c2Br)OP(=O)(c2ccccc2)O4)C3C)C5C)C1C. The number of rotatable bonds is 2. The van der Waals surface area contributed by atoms with E-state index in [2.05, 4.69) is 116 Å². The molecule has 16 heteroatoms. The molecule has 4 aliphatic heterocycles. The molecule has 0 fully saturated rings. The Labute approximate surface area is 391 Å². The van der Waals surface area contributed by atoms with Gasteiger partial charge in [0.2, 0.25) is 13.6 Å². The lowest BCUT2D eigenvalue weighted by molar-refractivity contribution is 0.112. The topological polar surface area (TPSA) is 108 Å². The van der Waals surface area contributed by atoms with Gasteiger partial charge in [0.1, 0.15) is 40.9 Å². The summed E-state index contributed by atoms with van der Waals surface area (Å²) in [4.78, 5) is 0. The molecule has 0 saturated carbocycles. The average molecular weight is 1130 g/mol. The number of benzene rings is 6. The Bertz CT molecular complexity index is 2670. The lowest BCUT2D eigenvalue weighted by atomic mass is 9.80. The third-order valence-corrected chi connectivity index (χ3v) is 18.9. The average Bonchev–Trinajstić information content (AvgIpc) is 3.26. The molecule has 0 aromatic heterocycles. The van der Waals surface area contributed by atoms with Gasteiger partial charge in [-0.3, -0.25) is 0 Å². The third-order valence-electron chi connectivity index (χ3n) is 12.5. The lowest BCUT2D eigenvalue weighted by Gasteiger charge is -2.36. The molecule has 6 aromatic carbocycles. The van der Waals surface area contributed by atoms with Gasteiger partial charge in [-0.1, -0.05) is 64.1 Å². The summed E-state index contributed by atoms with van der Waals surface area (Å²) in [6.07, 6.45) is 0. The van der Waals surface area contributed by atoms with Gasteiger partial charge in [0.25, 0.3) is 0 Å². The second-order valence-electron chi connectivity index (χ2n) is 15.8. The molecule has 0 saturated heterocycles. The molecule has 0 spiro atoms. The van der Waals surface area contributed by atoms with Gasteiger partial charge in [-0.15, -0.1) is 0 Å². The molecule has 10 nitrogen and oxygen atoms in total. The van der Waals surface area contributed by atoms with Gasteiger partial charge in [-0.05, 0) is 112 Å². The predicted octanol–water partition coefficient (Wildman–Crippen LogP) is 13.7. The van der Waals surface area contributed by atoms with Crippen molar-refractivity contribution in [1.29, 1.82) is 0 Å². The highest BCUT2D eigenvalue weighted by molar-refractivity contribution is 9.11. The summed E-state index contributed by atoms with van der Waals surface area (Å²) >= 11 is 15.5. The lowest BCUT2D eigenvalue weighted by Crippen LogP contribution is -2.23. The highest BCUT2D eigenvalue weighted by Gasteiger charge is 2.45. The van der Waals surface area contributed by atoms with Crippen molar-refractivity contribution in [3.63, 3.8) is 0 Å². The highest BCUT2D eigenvalue weighted by atomic mass is 79.9. The van der Waals surface area contributed by atoms with E-state index in [0.717, 1.165) is 44.5 Å². The molecule has 62 heavy (non-hydrogen) atoms. The largest absolute Gasteiger partial charge is 0.462 e. The fraction of sp³-hybridized carbons (Fsp3) is 0.217. The number of halogens is 4. The molecule has 1 aliphatic carbocycles. The maximum absolute atomic E-state index is 15.5. The van der Waals surface area contributed by atoms with Crippen LogP contribution in [0.2, 0.25) is 0 Å². The predicted molar refractivity (Wildman–Crippen MR) is 249 cm³/mol. The third kappa shape index (κ3) is 6.03. The first-order valence-corrected chi connectivity index (χ1v) is 26.1. The minimum Gasteiger partial charge on any atom is -0.456 e. The van der Waals surface area contributed by atoms with Crippen LogP contribution < -0.4 is 47.7 Å². The second kappa shape index (κ2) is 14.8. The van der Waals surface area contributed by atoms with Gasteiger partial charge in [0.05, 0.1) is 10.6 Å². The summed E-state index contributed by atoms with van der Waals surface area (Å²) in [6.45, 7) is 7.90. The van der Waals surface area contributed by atoms with Gasteiger partial charge in [-0.2, -0.15) is 0 Å². The summed E-state index contributed by atoms with van der Waals surface area (Å²) in [5.74, 6) is 1.71. The van der Waals surface area contributed by atoms with Gasteiger partial charge in [0, 0.05) is 68.2 Å². The van der Waals surface area contributed by atoms with Gasteiger partial charge in [-0.25, -0.2) is 9.13 Å². The molecule has 0 atom stereocenters. The van der Waals surface area contributed by atoms with E-state index in [1.54, 1.807) is 48.5 Å². The van der Waals surface area contributed by atoms with Crippen LogP contribution in [0.5, 0.6) is 46.0 Å². The van der Waals surface area contributed by atoms with E-state index in [0.29, 0.717) is 74.5 Å². The summed E-state index contributed by atoms with van der Waals surface area (Å²) in [5.41, 5.74) is 6.37. The van der Waals surface area contributed by atoms with E-state index in [1.807, 2.05) is 12.1 Å². The maximum Gasteiger partial charge on any atom is 0.462 e. The minimum absolute atomic E-state index is 0.214. The Morgan fingerprint density at radius 3 is 0.855 bits per heavy atom. The number of hydrogen-bond donors (Lipinski definition) is 0. The van der Waals surface area contributed by atoms with Crippen molar-refractivity contribution < 1.29 is 46.2 Å². The first kappa shape index (κ1) is 40.8. The Morgan fingerprint density at radius 2 is 0.613 bits per heavy atom. The van der Waals surface area contributed by atoms with Crippen LogP contribution in [0.25, 0.3) is 0 Å². The first-order chi connectivity index (χ1) is 29.8. The highest BCUT2D eigenvalue weighted by Crippen LogP contribution is 2.65. The molecule has 8 bridgehead atoms. The summed E-state index contributed by atoms with van der Waals surface area (Å²) in [6, 6.07) is 26.1. The molecule has 5 aliphatic rings. The second-order valence-corrected chi connectivity index (χ2v) is 22.8. The van der Waals surface area contributed by atoms with Gasteiger partial charge in [0.15, 0.2) is 23.0 Å². The molecule has 316 valence electrons. The van der Waals surface area contributed by atoms with Crippen LogP contribution in [0.15, 0.2) is 103 Å². The Morgan fingerprint density at radius 1 is 0.387 bits per heavy atom. The van der Waals surface area contributed by atoms with Crippen molar-refractivity contribution in [3.05, 3.63) is 147 Å². The van der Waals surface area contributed by atoms with Crippen molar-refractivity contribution in [2.45, 2.75) is 51.4 Å². The first-order valence-electron chi connectivity index (χ1n) is 19.8. The Hall–Kier alpha value is -3.90. The van der Waals surface area contributed by atoms with E-state index in [1.165, 1.54) is 0 Å². The number of hydrogen-bond acceptors (Lipinski definition) is 10. The summed E-state index contributed by atoms with van der Waals surface area (Å²) < 4.78 is 85.6. The molecule has 0 unspecified atom stereocenters. The molecule has 0 amide bonds. The van der Waals surface area contributed by atoms with Crippen LogP contribution in [0.4, 0.5) is 0 Å². The van der Waals surface area contributed by atoms with Gasteiger partial charge < -0.3 is 37.0 Å². The van der Waals surface area contributed by atoms with Crippen molar-refractivity contribution in [2.75, 3.05) is 13.6 Å². The molecular formula is C46H34Br4O10P2. The van der Waals surface area contributed by atoms with E-state index in [-0.39, 0.29) is 37.3 Å². The normalized spacial score (nSPS) is 24.6. The van der Waals surface area contributed by atoms with Gasteiger partial charge >= 0.3 is 15.2 Å². The molecule has 0 radical (unpaired) electrons. The van der Waals surface area contributed by atoms with Crippen LogP contribution in [-0.4, -0.2) is 13.6 Å². The summed E-state index contributed by atoms with van der Waals surface area (Å²) in [5, 5.41) is 0.726. The fourth-order valence-corrected chi connectivity index (χ4v) is 15.5. The number of ether oxygens (including phenoxy) is 4. The zero-order valence-corrected chi connectivity index (χ0v) is 41.4. The molecule has 6 aromatic rings. The zero-order valence-electron chi connectivity index (χ0n) is 33.3. The van der Waals surface area contributed by atoms with E-state index < -0.39 is 15.2 Å². The van der Waals surface area contributed by atoms with Crippen molar-refractivity contribution >= 4 is 89.5 Å². The van der Waals surface area contributed by atoms with E-state index >= 15 is 9.13 Å². The van der Waals surface area contributed by atoms with Crippen LogP contribution in [0, 0.1) is 0 Å².